The van der Waals surface area contributed by atoms with Crippen molar-refractivity contribution in [2.45, 2.75) is 24.4 Å². The third-order valence-electron chi connectivity index (χ3n) is 6.31. The van der Waals surface area contributed by atoms with Crippen molar-refractivity contribution in [1.82, 2.24) is 20.8 Å². The first-order valence-electron chi connectivity index (χ1n) is 11.3. The highest BCUT2D eigenvalue weighted by Crippen LogP contribution is 2.47. The second-order valence-corrected chi connectivity index (χ2v) is 8.85. The molecule has 0 bridgehead atoms. The fraction of sp³-hybridized carbons (Fsp3) is 0.280. The average Bonchev–Trinajstić information content (AvgIpc) is 3.38. The Kier molecular flexibility index (Phi) is 6.38. The summed E-state index contributed by atoms with van der Waals surface area (Å²) in [6.07, 6.45) is 0. The second-order valence-electron chi connectivity index (χ2n) is 8.38. The zero-order valence-electron chi connectivity index (χ0n) is 20.4. The van der Waals surface area contributed by atoms with Crippen LogP contribution in [0.1, 0.15) is 36.0 Å². The van der Waals surface area contributed by atoms with Crippen LogP contribution >= 0.6 is 11.6 Å². The standard InChI is InChI=1S/C25H24ClN5O6/c1-12-17(19(28-24(33)27-12)13-8-6-5-7-9-13)22-29-30-25(37-22)31-20(18(26)23(31)32)14-10-15(34-2)21(36-4)16(11-14)35-3/h5-11,18-20H,1-4H3,(H2,27,28,33). The molecular weight excluding hydrogens is 502 g/mol. The summed E-state index contributed by atoms with van der Waals surface area (Å²) in [5.41, 5.74) is 2.61. The Hall–Kier alpha value is -4.25. The smallest absolute Gasteiger partial charge is 0.325 e. The maximum atomic E-state index is 12.9. The molecule has 0 saturated carbocycles. The molecule has 2 aromatic carbocycles. The lowest BCUT2D eigenvalue weighted by Gasteiger charge is -2.41. The molecular formula is C25H24ClN5O6. The number of benzene rings is 2. The molecule has 0 radical (unpaired) electrons. The summed E-state index contributed by atoms with van der Waals surface area (Å²) in [7, 11) is 4.51. The van der Waals surface area contributed by atoms with Crippen LogP contribution in [0.5, 0.6) is 17.2 Å². The van der Waals surface area contributed by atoms with Crippen LogP contribution in [0.3, 0.4) is 0 Å². The third kappa shape index (κ3) is 4.10. The van der Waals surface area contributed by atoms with Crippen LogP contribution in [0.4, 0.5) is 10.8 Å². The van der Waals surface area contributed by atoms with E-state index in [1.165, 1.54) is 26.2 Å². The van der Waals surface area contributed by atoms with Gasteiger partial charge in [-0.3, -0.25) is 9.69 Å². The van der Waals surface area contributed by atoms with E-state index in [0.717, 1.165) is 5.56 Å². The first kappa shape index (κ1) is 24.4. The topological polar surface area (TPSA) is 128 Å². The lowest BCUT2D eigenvalue weighted by Crippen LogP contribution is -2.56. The summed E-state index contributed by atoms with van der Waals surface area (Å²) in [4.78, 5) is 26.4. The number of urea groups is 1. The van der Waals surface area contributed by atoms with Gasteiger partial charge in [0.1, 0.15) is 5.38 Å². The fourth-order valence-electron chi connectivity index (χ4n) is 4.55. The minimum atomic E-state index is -0.869. The highest BCUT2D eigenvalue weighted by Gasteiger charge is 2.51. The molecule has 0 aliphatic carbocycles. The van der Waals surface area contributed by atoms with Crippen molar-refractivity contribution in [3.63, 3.8) is 0 Å². The van der Waals surface area contributed by atoms with Crippen LogP contribution in [0.2, 0.25) is 0 Å². The minimum absolute atomic E-state index is 0.0281. The van der Waals surface area contributed by atoms with Crippen LogP contribution in [-0.2, 0) is 4.79 Å². The number of ether oxygens (including phenoxy) is 3. The molecule has 5 rings (SSSR count). The Morgan fingerprint density at radius 1 is 0.973 bits per heavy atom. The van der Waals surface area contributed by atoms with Gasteiger partial charge in [-0.1, -0.05) is 35.4 Å². The molecule has 192 valence electrons. The molecule has 0 spiro atoms. The van der Waals surface area contributed by atoms with Gasteiger partial charge in [0.05, 0.1) is 39.0 Å². The Bertz CT molecular complexity index is 1370. The molecule has 3 unspecified atom stereocenters. The molecule has 3 amide bonds. The number of β-lactam (4-membered cyclic amide) rings is 1. The Morgan fingerprint density at radius 3 is 2.27 bits per heavy atom. The Labute approximate surface area is 217 Å². The summed E-state index contributed by atoms with van der Waals surface area (Å²) in [6, 6.07) is 11.3. The van der Waals surface area contributed by atoms with Crippen molar-refractivity contribution in [2.75, 3.05) is 26.2 Å². The predicted octanol–water partition coefficient (Wildman–Crippen LogP) is 3.58. The van der Waals surface area contributed by atoms with E-state index in [-0.39, 0.29) is 17.9 Å². The minimum Gasteiger partial charge on any atom is -0.493 e. The number of carbonyl (C=O) groups is 2. The van der Waals surface area contributed by atoms with E-state index in [9.17, 15) is 9.59 Å². The van der Waals surface area contributed by atoms with Crippen molar-refractivity contribution in [3.05, 3.63) is 65.2 Å². The van der Waals surface area contributed by atoms with Crippen molar-refractivity contribution >= 4 is 35.1 Å². The van der Waals surface area contributed by atoms with E-state index in [4.69, 9.17) is 30.2 Å². The van der Waals surface area contributed by atoms with Gasteiger partial charge in [0, 0.05) is 5.70 Å². The summed E-state index contributed by atoms with van der Waals surface area (Å²) in [5.74, 6) is 1.01. The van der Waals surface area contributed by atoms with E-state index in [0.29, 0.717) is 34.1 Å². The maximum Gasteiger partial charge on any atom is 0.325 e. The van der Waals surface area contributed by atoms with Gasteiger partial charge in [-0.15, -0.1) is 16.7 Å². The number of nitrogens with one attached hydrogen (secondary N) is 2. The number of anilines is 1. The molecule has 1 saturated heterocycles. The van der Waals surface area contributed by atoms with Crippen molar-refractivity contribution in [2.24, 2.45) is 0 Å². The summed E-state index contributed by atoms with van der Waals surface area (Å²) >= 11 is 6.45. The molecule has 3 aromatic rings. The predicted molar refractivity (Wildman–Crippen MR) is 134 cm³/mol. The van der Waals surface area contributed by atoms with Crippen LogP contribution < -0.4 is 29.7 Å². The lowest BCUT2D eigenvalue weighted by atomic mass is 9.93. The zero-order valence-corrected chi connectivity index (χ0v) is 21.2. The molecule has 2 N–H and O–H groups in total. The number of allylic oxidation sites excluding steroid dienone is 1. The molecule has 11 nitrogen and oxygen atoms in total. The van der Waals surface area contributed by atoms with Gasteiger partial charge < -0.3 is 29.3 Å². The van der Waals surface area contributed by atoms with Crippen LogP contribution in [0, 0.1) is 0 Å². The summed E-state index contributed by atoms with van der Waals surface area (Å²) in [5, 5.41) is 13.1. The van der Waals surface area contributed by atoms with Gasteiger partial charge >= 0.3 is 12.0 Å². The zero-order chi connectivity index (χ0) is 26.3. The SMILES string of the molecule is COc1cc(C2C(Cl)C(=O)N2c2nnc(C3=C(C)NC(=O)NC3c3ccccc3)o2)cc(OC)c1OC. The van der Waals surface area contributed by atoms with Crippen LogP contribution in [-0.4, -0.2) is 48.8 Å². The number of alkyl halides is 1. The molecule has 2 aliphatic rings. The van der Waals surface area contributed by atoms with Gasteiger partial charge in [-0.25, -0.2) is 4.79 Å². The second kappa shape index (κ2) is 9.66. The highest BCUT2D eigenvalue weighted by atomic mass is 35.5. The number of hydrogen-bond acceptors (Lipinski definition) is 8. The third-order valence-corrected chi connectivity index (χ3v) is 6.74. The molecule has 12 heteroatoms. The Balaban J connectivity index is 1.52. The fourth-order valence-corrected chi connectivity index (χ4v) is 4.91. The average molecular weight is 526 g/mol. The monoisotopic (exact) mass is 525 g/mol. The van der Waals surface area contributed by atoms with E-state index >= 15 is 0 Å². The molecule has 2 aliphatic heterocycles. The largest absolute Gasteiger partial charge is 0.493 e. The van der Waals surface area contributed by atoms with Crippen molar-refractivity contribution in [3.8, 4) is 17.2 Å². The first-order chi connectivity index (χ1) is 17.9. The van der Waals surface area contributed by atoms with E-state index in [1.807, 2.05) is 30.3 Å². The number of carbonyl (C=O) groups excluding carboxylic acids is 2. The maximum absolute atomic E-state index is 12.9. The number of rotatable bonds is 7. The van der Waals surface area contributed by atoms with Gasteiger partial charge in [-0.05, 0) is 30.2 Å². The first-order valence-corrected chi connectivity index (χ1v) is 11.8. The lowest BCUT2D eigenvalue weighted by molar-refractivity contribution is -0.124. The highest BCUT2D eigenvalue weighted by molar-refractivity contribution is 6.37. The molecule has 3 atom stereocenters. The number of aromatic nitrogens is 2. The van der Waals surface area contributed by atoms with Crippen molar-refractivity contribution < 1.29 is 28.2 Å². The van der Waals surface area contributed by atoms with Crippen LogP contribution in [0.15, 0.2) is 52.6 Å². The van der Waals surface area contributed by atoms with E-state index in [2.05, 4.69) is 20.8 Å². The molecule has 3 heterocycles. The number of methoxy groups -OCH3 is 3. The number of hydrogen-bond donors (Lipinski definition) is 2. The van der Waals surface area contributed by atoms with E-state index in [1.54, 1.807) is 19.1 Å². The number of nitrogens with zero attached hydrogens (tertiary/aromatic N) is 3. The van der Waals surface area contributed by atoms with Crippen molar-refractivity contribution in [1.29, 1.82) is 0 Å². The van der Waals surface area contributed by atoms with Gasteiger partial charge in [0.2, 0.25) is 11.6 Å². The summed E-state index contributed by atoms with van der Waals surface area (Å²) < 4.78 is 22.3. The van der Waals surface area contributed by atoms with Crippen LogP contribution in [0.25, 0.3) is 5.57 Å². The van der Waals surface area contributed by atoms with Gasteiger partial charge in [0.25, 0.3) is 5.91 Å². The number of halogens is 1. The normalized spacial score (nSPS) is 21.2. The van der Waals surface area contributed by atoms with Gasteiger partial charge in [-0.2, -0.15) is 0 Å². The van der Waals surface area contributed by atoms with E-state index < -0.39 is 23.4 Å². The number of amides is 3. The molecule has 37 heavy (non-hydrogen) atoms. The van der Waals surface area contributed by atoms with Gasteiger partial charge in [0.15, 0.2) is 11.5 Å². The molecule has 1 fully saturated rings. The quantitative estimate of drug-likeness (QED) is 0.354. The Morgan fingerprint density at radius 2 is 1.65 bits per heavy atom. The molecule has 1 aromatic heterocycles. The summed E-state index contributed by atoms with van der Waals surface area (Å²) in [6.45, 7) is 1.75.